The van der Waals surface area contributed by atoms with Crippen molar-refractivity contribution in [1.29, 1.82) is 0 Å². The second-order valence-electron chi connectivity index (χ2n) is 3.81. The maximum Gasteiger partial charge on any atom is 0.223 e. The fraction of sp³-hybridized carbons (Fsp3) is 0.455. The number of pyridine rings is 1. The summed E-state index contributed by atoms with van der Waals surface area (Å²) in [5, 5.41) is 3.37. The molecule has 2 rings (SSSR count). The van der Waals surface area contributed by atoms with Crippen molar-refractivity contribution in [2.75, 3.05) is 20.1 Å². The lowest BCUT2D eigenvalue weighted by atomic mass is 10.1. The van der Waals surface area contributed by atoms with Gasteiger partial charge in [-0.05, 0) is 17.7 Å². The van der Waals surface area contributed by atoms with Gasteiger partial charge in [-0.2, -0.15) is 0 Å². The van der Waals surface area contributed by atoms with Crippen LogP contribution in [-0.2, 0) is 4.79 Å². The Morgan fingerprint density at radius 2 is 2.20 bits per heavy atom. The Kier molecular flexibility index (Phi) is 2.97. The summed E-state index contributed by atoms with van der Waals surface area (Å²) in [6.45, 7) is 1.47. The molecule has 0 spiro atoms. The van der Waals surface area contributed by atoms with E-state index in [4.69, 9.17) is 0 Å². The largest absolute Gasteiger partial charge is 0.344 e. The number of nitrogens with zero attached hydrogens (tertiary/aromatic N) is 2. The molecule has 1 unspecified atom stereocenters. The average molecular weight is 205 g/mol. The second kappa shape index (κ2) is 4.40. The number of carbonyl (C=O) groups is 1. The quantitative estimate of drug-likeness (QED) is 0.729. The molecular formula is C11H15N3O. The van der Waals surface area contributed by atoms with E-state index >= 15 is 0 Å². The minimum Gasteiger partial charge on any atom is -0.344 e. The molecule has 0 radical (unpaired) electrons. The van der Waals surface area contributed by atoms with Gasteiger partial charge in [-0.25, -0.2) is 0 Å². The number of amides is 1. The third-order valence-corrected chi connectivity index (χ3v) is 2.72. The van der Waals surface area contributed by atoms with E-state index < -0.39 is 0 Å². The number of nitrogens with one attached hydrogen (secondary N) is 1. The van der Waals surface area contributed by atoms with E-state index in [0.29, 0.717) is 6.42 Å². The number of likely N-dealkylation sites (N-methyl/N-ethyl adjacent to an activating group) is 1. The van der Waals surface area contributed by atoms with E-state index in [1.54, 1.807) is 17.3 Å². The Hall–Kier alpha value is -1.42. The first-order chi connectivity index (χ1) is 7.27. The summed E-state index contributed by atoms with van der Waals surface area (Å²) < 4.78 is 0. The molecule has 1 aliphatic rings. The van der Waals surface area contributed by atoms with Crippen molar-refractivity contribution in [1.82, 2.24) is 15.2 Å². The maximum absolute atomic E-state index is 11.5. The van der Waals surface area contributed by atoms with E-state index in [1.165, 1.54) is 5.56 Å². The number of carbonyl (C=O) groups excluding carboxylic acids is 1. The molecule has 1 fully saturated rings. The lowest BCUT2D eigenvalue weighted by Gasteiger charge is -2.20. The Morgan fingerprint density at radius 3 is 2.93 bits per heavy atom. The maximum atomic E-state index is 11.5. The zero-order valence-corrected chi connectivity index (χ0v) is 8.81. The monoisotopic (exact) mass is 205 g/mol. The fourth-order valence-electron chi connectivity index (χ4n) is 1.80. The van der Waals surface area contributed by atoms with Crippen LogP contribution in [0.5, 0.6) is 0 Å². The van der Waals surface area contributed by atoms with Gasteiger partial charge in [0.05, 0.1) is 0 Å². The molecule has 1 atom stereocenters. The Bertz CT molecular complexity index is 339. The lowest BCUT2D eigenvalue weighted by molar-refractivity contribution is -0.129. The molecule has 1 N–H and O–H groups in total. The van der Waals surface area contributed by atoms with E-state index in [0.717, 1.165) is 13.1 Å². The molecule has 4 nitrogen and oxygen atoms in total. The summed E-state index contributed by atoms with van der Waals surface area (Å²) in [5.41, 5.74) is 1.19. The van der Waals surface area contributed by atoms with Crippen molar-refractivity contribution < 1.29 is 4.79 Å². The van der Waals surface area contributed by atoms with Gasteiger partial charge < -0.3 is 10.2 Å². The molecule has 0 saturated carbocycles. The van der Waals surface area contributed by atoms with Crippen LogP contribution in [0, 0.1) is 0 Å². The minimum atomic E-state index is 0.207. The van der Waals surface area contributed by atoms with Crippen molar-refractivity contribution >= 4 is 5.91 Å². The highest BCUT2D eigenvalue weighted by atomic mass is 16.2. The van der Waals surface area contributed by atoms with Gasteiger partial charge in [0.2, 0.25) is 5.91 Å². The lowest BCUT2D eigenvalue weighted by Crippen LogP contribution is -2.30. The van der Waals surface area contributed by atoms with Gasteiger partial charge >= 0.3 is 0 Å². The molecule has 1 saturated heterocycles. The minimum absolute atomic E-state index is 0.207. The average Bonchev–Trinajstić information content (AvgIpc) is 2.43. The molecule has 1 amide bonds. The van der Waals surface area contributed by atoms with Crippen LogP contribution in [-0.4, -0.2) is 35.9 Å². The summed E-state index contributed by atoms with van der Waals surface area (Å²) in [5.74, 6) is 0.207. The van der Waals surface area contributed by atoms with E-state index in [1.807, 2.05) is 19.2 Å². The van der Waals surface area contributed by atoms with Crippen LogP contribution >= 0.6 is 0 Å². The number of rotatable bonds is 1. The third-order valence-electron chi connectivity index (χ3n) is 2.72. The zero-order chi connectivity index (χ0) is 10.7. The summed E-state index contributed by atoms with van der Waals surface area (Å²) in [6, 6.07) is 4.20. The van der Waals surface area contributed by atoms with Crippen molar-refractivity contribution in [3.63, 3.8) is 0 Å². The Morgan fingerprint density at radius 1 is 1.47 bits per heavy atom. The molecule has 0 aliphatic carbocycles. The summed E-state index contributed by atoms with van der Waals surface area (Å²) >= 11 is 0. The highest BCUT2D eigenvalue weighted by Gasteiger charge is 2.20. The Labute approximate surface area is 89.3 Å². The zero-order valence-electron chi connectivity index (χ0n) is 8.81. The van der Waals surface area contributed by atoms with Crippen molar-refractivity contribution in [3.8, 4) is 0 Å². The third kappa shape index (κ3) is 2.33. The topological polar surface area (TPSA) is 45.2 Å². The first kappa shape index (κ1) is 10.1. The van der Waals surface area contributed by atoms with Crippen molar-refractivity contribution in [3.05, 3.63) is 30.1 Å². The van der Waals surface area contributed by atoms with Crippen LogP contribution in [0.15, 0.2) is 24.5 Å². The molecule has 1 aliphatic heterocycles. The highest BCUT2D eigenvalue weighted by molar-refractivity contribution is 5.76. The highest BCUT2D eigenvalue weighted by Crippen LogP contribution is 2.15. The first-order valence-corrected chi connectivity index (χ1v) is 5.14. The molecule has 80 valence electrons. The number of aromatic nitrogens is 1. The molecular weight excluding hydrogens is 190 g/mol. The van der Waals surface area contributed by atoms with Gasteiger partial charge in [0.1, 0.15) is 0 Å². The van der Waals surface area contributed by atoms with Crippen LogP contribution in [0.1, 0.15) is 18.0 Å². The van der Waals surface area contributed by atoms with Gasteiger partial charge in [-0.15, -0.1) is 0 Å². The van der Waals surface area contributed by atoms with E-state index in [-0.39, 0.29) is 11.9 Å². The predicted octanol–water partition coefficient (Wildman–Crippen LogP) is 0.574. The van der Waals surface area contributed by atoms with Crippen molar-refractivity contribution in [2.45, 2.75) is 12.5 Å². The predicted molar refractivity (Wildman–Crippen MR) is 57.2 cm³/mol. The summed E-state index contributed by atoms with van der Waals surface area (Å²) in [6.07, 6.45) is 4.14. The summed E-state index contributed by atoms with van der Waals surface area (Å²) in [7, 11) is 1.85. The van der Waals surface area contributed by atoms with Gasteiger partial charge in [0, 0.05) is 45.0 Å². The summed E-state index contributed by atoms with van der Waals surface area (Å²) in [4.78, 5) is 17.2. The second-order valence-corrected chi connectivity index (χ2v) is 3.81. The van der Waals surface area contributed by atoms with Crippen LogP contribution in [0.3, 0.4) is 0 Å². The smallest absolute Gasteiger partial charge is 0.223 e. The molecule has 1 aromatic heterocycles. The van der Waals surface area contributed by atoms with Gasteiger partial charge in [-0.1, -0.05) is 0 Å². The number of hydrogen-bond acceptors (Lipinski definition) is 3. The van der Waals surface area contributed by atoms with Crippen LogP contribution in [0.25, 0.3) is 0 Å². The normalized spacial score (nSPS) is 22.6. The first-order valence-electron chi connectivity index (χ1n) is 5.14. The molecule has 0 aromatic carbocycles. The molecule has 0 bridgehead atoms. The SMILES string of the molecule is CN1CC(c2ccncc2)NCCC1=O. The van der Waals surface area contributed by atoms with Crippen LogP contribution < -0.4 is 5.32 Å². The van der Waals surface area contributed by atoms with Crippen LogP contribution in [0.2, 0.25) is 0 Å². The van der Waals surface area contributed by atoms with Gasteiger partial charge in [-0.3, -0.25) is 9.78 Å². The van der Waals surface area contributed by atoms with Gasteiger partial charge in [0.25, 0.3) is 0 Å². The van der Waals surface area contributed by atoms with E-state index in [9.17, 15) is 4.79 Å². The number of hydrogen-bond donors (Lipinski definition) is 1. The van der Waals surface area contributed by atoms with Crippen LogP contribution in [0.4, 0.5) is 0 Å². The molecule has 15 heavy (non-hydrogen) atoms. The molecule has 4 heteroatoms. The fourth-order valence-corrected chi connectivity index (χ4v) is 1.80. The van der Waals surface area contributed by atoms with Gasteiger partial charge in [0.15, 0.2) is 0 Å². The van der Waals surface area contributed by atoms with E-state index in [2.05, 4.69) is 10.3 Å². The standard InChI is InChI=1S/C11H15N3O/c1-14-8-10(13-7-4-11(14)15)9-2-5-12-6-3-9/h2-3,5-6,10,13H,4,7-8H2,1H3. The Balaban J connectivity index is 2.13. The molecule has 1 aromatic rings. The molecule has 2 heterocycles. The van der Waals surface area contributed by atoms with Crippen molar-refractivity contribution in [2.24, 2.45) is 0 Å².